The molecule has 6 nitrogen and oxygen atoms in total. The number of nitrogens with one attached hydrogen (secondary N) is 1. The third-order valence-electron chi connectivity index (χ3n) is 4.74. The number of anilines is 1. The molecule has 1 N–H and O–H groups in total. The van der Waals surface area contributed by atoms with E-state index in [0.717, 1.165) is 16.9 Å². The van der Waals surface area contributed by atoms with Crippen molar-refractivity contribution in [3.05, 3.63) is 77.9 Å². The number of halogens is 1. The number of rotatable bonds is 9. The Labute approximate surface area is 185 Å². The van der Waals surface area contributed by atoms with Crippen molar-refractivity contribution in [3.8, 4) is 5.75 Å². The second-order valence-electron chi connectivity index (χ2n) is 7.04. The molecule has 0 saturated carbocycles. The van der Waals surface area contributed by atoms with E-state index in [-0.39, 0.29) is 23.6 Å². The van der Waals surface area contributed by atoms with Crippen LogP contribution in [0.4, 0.5) is 10.1 Å². The van der Waals surface area contributed by atoms with Gasteiger partial charge in [0.1, 0.15) is 11.6 Å². The van der Waals surface area contributed by atoms with Gasteiger partial charge in [-0.25, -0.2) is 4.39 Å². The molecular weight excluding hydrogens is 415 g/mol. The first-order chi connectivity index (χ1) is 14.9. The fraction of sp³-hybridized carbons (Fsp3) is 0.261. The van der Waals surface area contributed by atoms with E-state index in [0.29, 0.717) is 23.2 Å². The predicted octanol–water partition coefficient (Wildman–Crippen LogP) is 5.09. The van der Waals surface area contributed by atoms with E-state index >= 15 is 0 Å². The number of thioether (sulfide) groups is 1. The molecule has 1 heterocycles. The summed E-state index contributed by atoms with van der Waals surface area (Å²) in [5.41, 5.74) is 2.77. The maximum absolute atomic E-state index is 13.0. The number of aromatic nitrogens is 3. The lowest BCUT2D eigenvalue weighted by Crippen LogP contribution is -2.15. The summed E-state index contributed by atoms with van der Waals surface area (Å²) in [4.78, 5) is 12.3. The summed E-state index contributed by atoms with van der Waals surface area (Å²) in [5, 5.41) is 11.9. The summed E-state index contributed by atoms with van der Waals surface area (Å²) < 4.78 is 21.0. The number of carbonyl (C=O) groups is 1. The molecule has 0 bridgehead atoms. The molecule has 0 spiro atoms. The second kappa shape index (κ2) is 10.3. The van der Waals surface area contributed by atoms with Crippen molar-refractivity contribution >= 4 is 23.4 Å². The average Bonchev–Trinajstić information content (AvgIpc) is 3.14. The van der Waals surface area contributed by atoms with E-state index in [1.54, 1.807) is 6.08 Å². The summed E-state index contributed by atoms with van der Waals surface area (Å²) in [6.45, 7) is 10.3. The Morgan fingerprint density at radius 1 is 1.26 bits per heavy atom. The van der Waals surface area contributed by atoms with Crippen molar-refractivity contribution in [1.29, 1.82) is 0 Å². The molecule has 0 saturated heterocycles. The molecule has 0 aliphatic heterocycles. The van der Waals surface area contributed by atoms with Gasteiger partial charge in [0.25, 0.3) is 0 Å². The highest BCUT2D eigenvalue weighted by molar-refractivity contribution is 7.99. The van der Waals surface area contributed by atoms with Crippen molar-refractivity contribution in [2.45, 2.75) is 38.6 Å². The minimum absolute atomic E-state index is 0.138. The van der Waals surface area contributed by atoms with Crippen LogP contribution in [0, 0.1) is 19.7 Å². The van der Waals surface area contributed by atoms with Gasteiger partial charge in [-0.1, -0.05) is 30.0 Å². The highest BCUT2D eigenvalue weighted by atomic mass is 32.2. The molecule has 1 aromatic heterocycles. The van der Waals surface area contributed by atoms with Gasteiger partial charge in [-0.2, -0.15) is 0 Å². The molecule has 1 atom stereocenters. The first-order valence-corrected chi connectivity index (χ1v) is 10.8. The summed E-state index contributed by atoms with van der Waals surface area (Å²) in [5.74, 6) is 1.02. The third kappa shape index (κ3) is 5.73. The number of hydrogen-bond donors (Lipinski definition) is 1. The normalized spacial score (nSPS) is 11.7. The van der Waals surface area contributed by atoms with Crippen LogP contribution in [0.15, 0.2) is 60.3 Å². The van der Waals surface area contributed by atoms with E-state index in [2.05, 4.69) is 22.1 Å². The summed E-state index contributed by atoms with van der Waals surface area (Å²) in [7, 11) is 0. The van der Waals surface area contributed by atoms with Crippen LogP contribution >= 0.6 is 11.8 Å². The quantitative estimate of drug-likeness (QED) is 0.371. The van der Waals surface area contributed by atoms with Crippen molar-refractivity contribution < 1.29 is 13.9 Å². The molecule has 3 aromatic rings. The van der Waals surface area contributed by atoms with Crippen molar-refractivity contribution in [3.63, 3.8) is 0 Å². The summed E-state index contributed by atoms with van der Waals surface area (Å²) in [6, 6.07) is 11.6. The van der Waals surface area contributed by atoms with E-state index < -0.39 is 0 Å². The molecule has 0 radical (unpaired) electrons. The van der Waals surface area contributed by atoms with E-state index in [1.807, 2.05) is 43.5 Å². The zero-order chi connectivity index (χ0) is 22.4. The zero-order valence-corrected chi connectivity index (χ0v) is 18.6. The third-order valence-corrected chi connectivity index (χ3v) is 5.71. The molecule has 1 amide bonds. The van der Waals surface area contributed by atoms with Gasteiger partial charge in [0, 0.05) is 12.2 Å². The monoisotopic (exact) mass is 440 g/mol. The minimum atomic E-state index is -0.352. The Kier molecular flexibility index (Phi) is 7.46. The van der Waals surface area contributed by atoms with Crippen molar-refractivity contribution in [2.24, 2.45) is 0 Å². The number of benzene rings is 2. The van der Waals surface area contributed by atoms with Crippen LogP contribution in [-0.4, -0.2) is 26.4 Å². The smallest absolute Gasteiger partial charge is 0.234 e. The molecular formula is C23H25FN4O2S. The standard InChI is InChI=1S/C23H25FN4O2S/c1-5-13-28-22(17(4)30-20-8-6-7-15(2)16(20)3)26-27-23(28)31-14-21(29)25-19-11-9-18(24)10-12-19/h5-12,17H,1,13-14H2,2-4H3,(H,25,29). The van der Waals surface area contributed by atoms with Gasteiger partial charge in [-0.15, -0.1) is 16.8 Å². The molecule has 0 fully saturated rings. The van der Waals surface area contributed by atoms with Gasteiger partial charge in [0.05, 0.1) is 5.75 Å². The van der Waals surface area contributed by atoms with Gasteiger partial charge in [-0.05, 0) is 62.2 Å². The van der Waals surface area contributed by atoms with Gasteiger partial charge in [0.15, 0.2) is 17.1 Å². The van der Waals surface area contributed by atoms with Crippen LogP contribution in [0.5, 0.6) is 5.75 Å². The molecule has 1 unspecified atom stereocenters. The van der Waals surface area contributed by atoms with Crippen molar-refractivity contribution in [1.82, 2.24) is 14.8 Å². The zero-order valence-electron chi connectivity index (χ0n) is 17.8. The lowest BCUT2D eigenvalue weighted by molar-refractivity contribution is -0.113. The maximum Gasteiger partial charge on any atom is 0.234 e. The van der Waals surface area contributed by atoms with Crippen LogP contribution in [0.3, 0.4) is 0 Å². The van der Waals surface area contributed by atoms with E-state index in [4.69, 9.17) is 4.74 Å². The van der Waals surface area contributed by atoms with Crippen LogP contribution in [0.25, 0.3) is 0 Å². The Morgan fingerprint density at radius 3 is 2.71 bits per heavy atom. The number of aryl methyl sites for hydroxylation is 1. The lowest BCUT2D eigenvalue weighted by Gasteiger charge is -2.18. The molecule has 2 aromatic carbocycles. The lowest BCUT2D eigenvalue weighted by atomic mass is 10.1. The first kappa shape index (κ1) is 22.6. The number of allylic oxidation sites excluding steroid dienone is 1. The second-order valence-corrected chi connectivity index (χ2v) is 7.98. The fourth-order valence-corrected chi connectivity index (χ4v) is 3.72. The number of hydrogen-bond acceptors (Lipinski definition) is 5. The number of carbonyl (C=O) groups excluding carboxylic acids is 1. The van der Waals surface area contributed by atoms with E-state index in [1.165, 1.54) is 36.0 Å². The topological polar surface area (TPSA) is 69.0 Å². The first-order valence-electron chi connectivity index (χ1n) is 9.84. The fourth-order valence-electron chi connectivity index (χ4n) is 2.96. The van der Waals surface area contributed by atoms with Crippen LogP contribution in [0.1, 0.15) is 30.0 Å². The number of nitrogens with zero attached hydrogens (tertiary/aromatic N) is 3. The largest absolute Gasteiger partial charge is 0.482 e. The van der Waals surface area contributed by atoms with Crippen LogP contribution < -0.4 is 10.1 Å². The van der Waals surface area contributed by atoms with Gasteiger partial charge >= 0.3 is 0 Å². The Morgan fingerprint density at radius 2 is 2.00 bits per heavy atom. The Hall–Kier alpha value is -3.13. The highest BCUT2D eigenvalue weighted by Gasteiger charge is 2.20. The van der Waals surface area contributed by atoms with Crippen LogP contribution in [0.2, 0.25) is 0 Å². The van der Waals surface area contributed by atoms with Crippen molar-refractivity contribution in [2.75, 3.05) is 11.1 Å². The molecule has 3 rings (SSSR count). The van der Waals surface area contributed by atoms with Gasteiger partial charge in [0.2, 0.25) is 5.91 Å². The molecule has 31 heavy (non-hydrogen) atoms. The number of amides is 1. The Bertz CT molecular complexity index is 1070. The summed E-state index contributed by atoms with van der Waals surface area (Å²) in [6.07, 6.45) is 1.41. The minimum Gasteiger partial charge on any atom is -0.482 e. The molecule has 0 aliphatic rings. The molecule has 8 heteroatoms. The average molecular weight is 441 g/mol. The highest BCUT2D eigenvalue weighted by Crippen LogP contribution is 2.28. The number of ether oxygens (including phenoxy) is 1. The van der Waals surface area contributed by atoms with Crippen LogP contribution in [-0.2, 0) is 11.3 Å². The van der Waals surface area contributed by atoms with Gasteiger partial charge in [-0.3, -0.25) is 9.36 Å². The SMILES string of the molecule is C=CCn1c(SCC(=O)Nc2ccc(F)cc2)nnc1C(C)Oc1cccc(C)c1C. The van der Waals surface area contributed by atoms with Gasteiger partial charge < -0.3 is 10.1 Å². The summed E-state index contributed by atoms with van der Waals surface area (Å²) >= 11 is 1.27. The molecule has 162 valence electrons. The molecule has 0 aliphatic carbocycles. The predicted molar refractivity (Wildman–Crippen MR) is 121 cm³/mol. The Balaban J connectivity index is 1.69. The maximum atomic E-state index is 13.0. The van der Waals surface area contributed by atoms with E-state index in [9.17, 15) is 9.18 Å².